The van der Waals surface area contributed by atoms with Gasteiger partial charge in [0, 0.05) is 0 Å². The van der Waals surface area contributed by atoms with E-state index in [2.05, 4.69) is 9.73 Å². The lowest BCUT2D eigenvalue weighted by Crippen LogP contribution is -2.30. The number of carbonyl (C=O) groups excluding carboxylic acids is 2. The summed E-state index contributed by atoms with van der Waals surface area (Å²) in [6.45, 7) is 1.44. The number of nitrogens with zero attached hydrogens (tertiary/aromatic N) is 1. The second-order valence-corrected chi connectivity index (χ2v) is 2.29. The molecule has 0 spiro atoms. The van der Waals surface area contributed by atoms with Crippen molar-refractivity contribution in [1.82, 2.24) is 0 Å². The molecule has 0 saturated carbocycles. The summed E-state index contributed by atoms with van der Waals surface area (Å²) >= 11 is 0. The van der Waals surface area contributed by atoms with Crippen molar-refractivity contribution in [1.29, 1.82) is 0 Å². The third-order valence-electron chi connectivity index (χ3n) is 1.25. The molecule has 0 N–H and O–H groups in total. The first-order chi connectivity index (χ1) is 6.41. The number of isocyanates is 1. The molecule has 1 atom stereocenters. The fourth-order valence-electron chi connectivity index (χ4n) is 0.676. The van der Waals surface area contributed by atoms with Crippen LogP contribution in [0.4, 0.5) is 13.2 Å². The van der Waals surface area contributed by atoms with Crippen LogP contribution in [0.25, 0.3) is 0 Å². The highest BCUT2D eigenvalue weighted by atomic mass is 19.4. The Balaban J connectivity index is 4.39. The Bertz CT molecular complexity index is 245. The maximum Gasteiger partial charge on any atom is 0.412 e. The molecule has 0 aromatic rings. The Labute approximate surface area is 77.8 Å². The van der Waals surface area contributed by atoms with Gasteiger partial charge in [-0.15, -0.1) is 0 Å². The topological polar surface area (TPSA) is 55.7 Å². The fraction of sp³-hybridized carbons (Fsp3) is 0.714. The predicted octanol–water partition coefficient (Wildman–Crippen LogP) is 1.21. The number of hydrogen-bond acceptors (Lipinski definition) is 4. The van der Waals surface area contributed by atoms with Crippen LogP contribution in [0.1, 0.15) is 13.3 Å². The zero-order chi connectivity index (χ0) is 11.2. The Morgan fingerprint density at radius 1 is 1.57 bits per heavy atom. The Morgan fingerprint density at radius 3 is 2.50 bits per heavy atom. The molecule has 1 unspecified atom stereocenters. The number of alkyl halides is 3. The van der Waals surface area contributed by atoms with Crippen molar-refractivity contribution in [3.8, 4) is 0 Å². The number of halogens is 3. The van der Waals surface area contributed by atoms with Gasteiger partial charge < -0.3 is 4.74 Å². The lowest BCUT2D eigenvalue weighted by atomic mass is 10.2. The van der Waals surface area contributed by atoms with Crippen molar-refractivity contribution in [2.45, 2.75) is 25.6 Å². The summed E-state index contributed by atoms with van der Waals surface area (Å²) < 4.78 is 40.4. The lowest BCUT2D eigenvalue weighted by Gasteiger charge is -2.13. The first kappa shape index (κ1) is 12.6. The van der Waals surface area contributed by atoms with E-state index >= 15 is 0 Å². The van der Waals surface area contributed by atoms with Crippen molar-refractivity contribution in [3.05, 3.63) is 0 Å². The van der Waals surface area contributed by atoms with Gasteiger partial charge in [0.15, 0.2) is 6.04 Å². The number of esters is 1. The van der Waals surface area contributed by atoms with Crippen LogP contribution < -0.4 is 0 Å². The van der Waals surface area contributed by atoms with E-state index in [-0.39, 0.29) is 6.61 Å². The van der Waals surface area contributed by atoms with E-state index in [4.69, 9.17) is 0 Å². The monoisotopic (exact) mass is 211 g/mol. The van der Waals surface area contributed by atoms with Gasteiger partial charge in [0.2, 0.25) is 6.08 Å². The van der Waals surface area contributed by atoms with E-state index < -0.39 is 24.6 Å². The summed E-state index contributed by atoms with van der Waals surface area (Å²) in [7, 11) is 0. The van der Waals surface area contributed by atoms with Crippen LogP contribution in [0.2, 0.25) is 0 Å². The molecule has 0 aliphatic heterocycles. The van der Waals surface area contributed by atoms with Crippen molar-refractivity contribution in [2.75, 3.05) is 6.61 Å². The molecule has 4 nitrogen and oxygen atoms in total. The summed E-state index contributed by atoms with van der Waals surface area (Å²) in [5.74, 6) is -1.05. The summed E-state index contributed by atoms with van der Waals surface area (Å²) in [4.78, 5) is 22.8. The third kappa shape index (κ3) is 4.61. The van der Waals surface area contributed by atoms with Crippen LogP contribution in [0.3, 0.4) is 0 Å². The van der Waals surface area contributed by atoms with Gasteiger partial charge >= 0.3 is 12.1 Å². The van der Waals surface area contributed by atoms with Crippen LogP contribution in [0, 0.1) is 0 Å². The molecule has 0 aromatic carbocycles. The van der Waals surface area contributed by atoms with Crippen molar-refractivity contribution >= 4 is 12.0 Å². The van der Waals surface area contributed by atoms with E-state index in [1.54, 1.807) is 0 Å². The molecule has 0 rings (SSSR count). The van der Waals surface area contributed by atoms with E-state index in [0.717, 1.165) is 6.08 Å². The molecule has 14 heavy (non-hydrogen) atoms. The van der Waals surface area contributed by atoms with Crippen LogP contribution in [0.15, 0.2) is 4.99 Å². The largest absolute Gasteiger partial charge is 0.466 e. The van der Waals surface area contributed by atoms with Crippen LogP contribution in [-0.2, 0) is 14.3 Å². The number of rotatable bonds is 4. The fourth-order valence-corrected chi connectivity index (χ4v) is 0.676. The van der Waals surface area contributed by atoms with Gasteiger partial charge in [-0.05, 0) is 6.92 Å². The maximum absolute atomic E-state index is 12.0. The second kappa shape index (κ2) is 5.39. The highest BCUT2D eigenvalue weighted by molar-refractivity contribution is 5.70. The smallest absolute Gasteiger partial charge is 0.412 e. The van der Waals surface area contributed by atoms with E-state index in [1.807, 2.05) is 0 Å². The Hall–Kier alpha value is -1.36. The maximum atomic E-state index is 12.0. The first-order valence-electron chi connectivity index (χ1n) is 3.71. The molecule has 0 aromatic heterocycles. The number of carbonyl (C=O) groups is 1. The summed E-state index contributed by atoms with van der Waals surface area (Å²) in [5, 5.41) is 0. The molecule has 0 aliphatic rings. The summed E-state index contributed by atoms with van der Waals surface area (Å²) in [6, 6.07) is -2.36. The van der Waals surface area contributed by atoms with Crippen LogP contribution >= 0.6 is 0 Å². The molecule has 80 valence electrons. The van der Waals surface area contributed by atoms with Gasteiger partial charge in [0.1, 0.15) is 0 Å². The second-order valence-electron chi connectivity index (χ2n) is 2.29. The quantitative estimate of drug-likeness (QED) is 0.399. The highest BCUT2D eigenvalue weighted by Crippen LogP contribution is 2.25. The Morgan fingerprint density at radius 2 is 2.14 bits per heavy atom. The van der Waals surface area contributed by atoms with Gasteiger partial charge in [-0.2, -0.15) is 18.2 Å². The van der Waals surface area contributed by atoms with Crippen LogP contribution in [-0.4, -0.2) is 30.9 Å². The number of aliphatic imine (C=N–C) groups is 1. The average molecular weight is 211 g/mol. The highest BCUT2D eigenvalue weighted by Gasteiger charge is 2.41. The predicted molar refractivity (Wildman–Crippen MR) is 39.2 cm³/mol. The standard InChI is InChI=1S/C7H8F3NO3/c1-2-14-6(13)3-5(11-4-12)7(8,9)10/h5H,2-3H2,1H3. The first-order valence-corrected chi connectivity index (χ1v) is 3.71. The molecule has 7 heteroatoms. The number of ether oxygens (including phenoxy) is 1. The SMILES string of the molecule is CCOC(=O)CC(N=C=O)C(F)(F)F. The van der Waals surface area contributed by atoms with Crippen molar-refractivity contribution < 1.29 is 27.5 Å². The van der Waals surface area contributed by atoms with E-state index in [9.17, 15) is 22.8 Å². The Kier molecular flexibility index (Phi) is 4.86. The van der Waals surface area contributed by atoms with Crippen LogP contribution in [0.5, 0.6) is 0 Å². The molecule has 0 bridgehead atoms. The van der Waals surface area contributed by atoms with E-state index in [0.29, 0.717) is 0 Å². The van der Waals surface area contributed by atoms with Gasteiger partial charge in [-0.3, -0.25) is 4.79 Å². The normalized spacial score (nSPS) is 12.9. The minimum absolute atomic E-state index is 0.0196. The van der Waals surface area contributed by atoms with Crippen molar-refractivity contribution in [2.24, 2.45) is 4.99 Å². The lowest BCUT2D eigenvalue weighted by molar-refractivity contribution is -0.163. The summed E-state index contributed by atoms with van der Waals surface area (Å²) in [5.41, 5.74) is 0. The molecule has 0 saturated heterocycles. The molecule has 0 aliphatic carbocycles. The van der Waals surface area contributed by atoms with Crippen molar-refractivity contribution in [3.63, 3.8) is 0 Å². The molecular weight excluding hydrogens is 203 g/mol. The van der Waals surface area contributed by atoms with Gasteiger partial charge in [-0.1, -0.05) is 0 Å². The minimum atomic E-state index is -4.73. The molecular formula is C7H8F3NO3. The average Bonchev–Trinajstić information content (AvgIpc) is 2.02. The summed E-state index contributed by atoms with van der Waals surface area (Å²) in [6.07, 6.45) is -4.96. The molecule has 0 heterocycles. The molecule has 0 radical (unpaired) electrons. The van der Waals surface area contributed by atoms with E-state index in [1.165, 1.54) is 6.92 Å². The molecule has 0 fully saturated rings. The number of hydrogen-bond donors (Lipinski definition) is 0. The third-order valence-corrected chi connectivity index (χ3v) is 1.25. The van der Waals surface area contributed by atoms with Gasteiger partial charge in [0.25, 0.3) is 0 Å². The molecule has 0 amide bonds. The van der Waals surface area contributed by atoms with Gasteiger partial charge in [-0.25, -0.2) is 4.79 Å². The minimum Gasteiger partial charge on any atom is -0.466 e. The van der Waals surface area contributed by atoms with Gasteiger partial charge in [0.05, 0.1) is 13.0 Å². The zero-order valence-electron chi connectivity index (χ0n) is 7.30. The zero-order valence-corrected chi connectivity index (χ0v) is 7.30.